The van der Waals surface area contributed by atoms with Gasteiger partial charge in [0, 0.05) is 11.8 Å². The van der Waals surface area contributed by atoms with E-state index in [1.165, 1.54) is 0 Å². The van der Waals surface area contributed by atoms with Crippen molar-refractivity contribution in [2.75, 3.05) is 0 Å². The summed E-state index contributed by atoms with van der Waals surface area (Å²) in [5.74, 6) is 0. The molecule has 0 aliphatic rings. The number of rotatable bonds is 4. The molecule has 1 atom stereocenters. The second kappa shape index (κ2) is 4.50. The molecule has 0 amide bonds. The molecule has 0 saturated carbocycles. The predicted octanol–water partition coefficient (Wildman–Crippen LogP) is 1.54. The van der Waals surface area contributed by atoms with Crippen LogP contribution in [0.4, 0.5) is 0 Å². The third-order valence-corrected chi connectivity index (χ3v) is 1.23. The molecule has 0 aromatic heterocycles. The van der Waals surface area contributed by atoms with E-state index in [-0.39, 0.29) is 6.04 Å². The monoisotopic (exact) mass is 128 g/mol. The summed E-state index contributed by atoms with van der Waals surface area (Å²) in [5, 5.41) is 7.12. The molecule has 9 heavy (non-hydrogen) atoms. The molecule has 0 aromatic carbocycles. The van der Waals surface area contributed by atoms with E-state index in [2.05, 4.69) is 6.92 Å². The molecule has 0 bridgehead atoms. The Labute approximate surface area is 57.0 Å². The van der Waals surface area contributed by atoms with Crippen molar-refractivity contribution in [2.45, 2.75) is 39.2 Å². The van der Waals surface area contributed by atoms with Gasteiger partial charge in [0.15, 0.2) is 0 Å². The summed E-state index contributed by atoms with van der Waals surface area (Å²) in [4.78, 5) is 0. The van der Waals surface area contributed by atoms with Crippen LogP contribution in [-0.4, -0.2) is 11.8 Å². The molecule has 0 rings (SSSR count). The Balaban J connectivity index is 3.26. The lowest BCUT2D eigenvalue weighted by molar-refractivity contribution is 0.621. The Morgan fingerprint density at radius 2 is 2.22 bits per heavy atom. The summed E-state index contributed by atoms with van der Waals surface area (Å²) >= 11 is 0. The first-order valence-corrected chi connectivity index (χ1v) is 3.46. The van der Waals surface area contributed by atoms with Gasteiger partial charge in [-0.05, 0) is 19.8 Å². The van der Waals surface area contributed by atoms with Crippen molar-refractivity contribution in [1.29, 1.82) is 5.41 Å². The molecular weight excluding hydrogens is 112 g/mol. The van der Waals surface area contributed by atoms with Gasteiger partial charge in [-0.15, -0.1) is 0 Å². The van der Waals surface area contributed by atoms with Gasteiger partial charge >= 0.3 is 0 Å². The second-order valence-corrected chi connectivity index (χ2v) is 2.53. The van der Waals surface area contributed by atoms with Gasteiger partial charge in [0.05, 0.1) is 0 Å². The van der Waals surface area contributed by atoms with Gasteiger partial charge in [0.2, 0.25) is 0 Å². The Kier molecular flexibility index (Phi) is 4.32. The Morgan fingerprint density at radius 1 is 1.67 bits per heavy atom. The summed E-state index contributed by atoms with van der Waals surface area (Å²) < 4.78 is 0. The lowest BCUT2D eigenvalue weighted by atomic mass is 10.1. The van der Waals surface area contributed by atoms with E-state index in [9.17, 15) is 0 Å². The standard InChI is InChI=1S/C7H16N2/c1-3-4-7(9)5-6(2)8/h7-8H,3-5,9H2,1-2H3. The summed E-state index contributed by atoms with van der Waals surface area (Å²) in [5.41, 5.74) is 6.34. The molecule has 0 spiro atoms. The average molecular weight is 128 g/mol. The van der Waals surface area contributed by atoms with Crippen LogP contribution in [0.1, 0.15) is 33.1 Å². The molecule has 2 heteroatoms. The highest BCUT2D eigenvalue weighted by Crippen LogP contribution is 1.98. The number of nitrogens with one attached hydrogen (secondary N) is 1. The van der Waals surface area contributed by atoms with E-state index in [0.29, 0.717) is 5.71 Å². The van der Waals surface area contributed by atoms with Gasteiger partial charge < -0.3 is 11.1 Å². The molecule has 0 aromatic rings. The van der Waals surface area contributed by atoms with Crippen molar-refractivity contribution in [3.8, 4) is 0 Å². The van der Waals surface area contributed by atoms with E-state index in [0.717, 1.165) is 19.3 Å². The van der Waals surface area contributed by atoms with Crippen LogP contribution in [0.5, 0.6) is 0 Å². The quantitative estimate of drug-likeness (QED) is 0.554. The minimum atomic E-state index is 0.215. The van der Waals surface area contributed by atoms with Crippen LogP contribution in [0.15, 0.2) is 0 Å². The highest BCUT2D eigenvalue weighted by atomic mass is 14.6. The first-order chi connectivity index (χ1) is 4.16. The van der Waals surface area contributed by atoms with Gasteiger partial charge in [0.25, 0.3) is 0 Å². The van der Waals surface area contributed by atoms with Gasteiger partial charge in [-0.25, -0.2) is 0 Å². The molecule has 3 N–H and O–H groups in total. The minimum absolute atomic E-state index is 0.215. The zero-order chi connectivity index (χ0) is 7.28. The maximum absolute atomic E-state index is 7.12. The normalized spacial score (nSPS) is 13.2. The van der Waals surface area contributed by atoms with E-state index in [1.54, 1.807) is 6.92 Å². The molecule has 0 radical (unpaired) electrons. The maximum atomic E-state index is 7.12. The summed E-state index contributed by atoms with van der Waals surface area (Å²) in [6.45, 7) is 3.91. The topological polar surface area (TPSA) is 49.9 Å². The minimum Gasteiger partial charge on any atom is -0.327 e. The Bertz CT molecular complexity index is 88.9. The number of nitrogens with two attached hydrogens (primary N) is 1. The Hall–Kier alpha value is -0.370. The number of hydrogen-bond donors (Lipinski definition) is 2. The van der Waals surface area contributed by atoms with Crippen molar-refractivity contribution < 1.29 is 0 Å². The first-order valence-electron chi connectivity index (χ1n) is 3.46. The smallest absolute Gasteiger partial charge is 0.00906 e. The third kappa shape index (κ3) is 5.50. The average Bonchev–Trinajstić information content (AvgIpc) is 1.63. The van der Waals surface area contributed by atoms with E-state index < -0.39 is 0 Å². The first kappa shape index (κ1) is 8.63. The predicted molar refractivity (Wildman–Crippen MR) is 40.9 cm³/mol. The van der Waals surface area contributed by atoms with E-state index in [4.69, 9.17) is 11.1 Å². The van der Waals surface area contributed by atoms with Gasteiger partial charge in [-0.1, -0.05) is 13.3 Å². The largest absolute Gasteiger partial charge is 0.327 e. The zero-order valence-corrected chi connectivity index (χ0v) is 6.28. The SMILES string of the molecule is CCCC(N)CC(C)=N. The molecule has 0 aliphatic carbocycles. The highest BCUT2D eigenvalue weighted by molar-refractivity contribution is 5.79. The fourth-order valence-corrected chi connectivity index (χ4v) is 0.866. The Morgan fingerprint density at radius 3 is 2.56 bits per heavy atom. The third-order valence-electron chi connectivity index (χ3n) is 1.23. The molecule has 0 fully saturated rings. The van der Waals surface area contributed by atoms with Crippen LogP contribution in [0.2, 0.25) is 0 Å². The van der Waals surface area contributed by atoms with Crippen LogP contribution in [0.3, 0.4) is 0 Å². The number of hydrogen-bond acceptors (Lipinski definition) is 2. The van der Waals surface area contributed by atoms with Crippen LogP contribution in [0, 0.1) is 5.41 Å². The highest BCUT2D eigenvalue weighted by Gasteiger charge is 2.00. The molecule has 2 nitrogen and oxygen atoms in total. The molecule has 0 saturated heterocycles. The van der Waals surface area contributed by atoms with Crippen LogP contribution in [0.25, 0.3) is 0 Å². The van der Waals surface area contributed by atoms with Crippen molar-refractivity contribution in [3.63, 3.8) is 0 Å². The van der Waals surface area contributed by atoms with Gasteiger partial charge in [-0.3, -0.25) is 0 Å². The van der Waals surface area contributed by atoms with E-state index in [1.807, 2.05) is 0 Å². The van der Waals surface area contributed by atoms with Gasteiger partial charge in [-0.2, -0.15) is 0 Å². The summed E-state index contributed by atoms with van der Waals surface area (Å²) in [6.07, 6.45) is 2.92. The van der Waals surface area contributed by atoms with Gasteiger partial charge in [0.1, 0.15) is 0 Å². The molecule has 0 heterocycles. The summed E-state index contributed by atoms with van der Waals surface area (Å²) in [6, 6.07) is 0.215. The van der Waals surface area contributed by atoms with Crippen LogP contribution < -0.4 is 5.73 Å². The second-order valence-electron chi connectivity index (χ2n) is 2.53. The molecular formula is C7H16N2. The molecule has 0 aliphatic heterocycles. The fraction of sp³-hybridized carbons (Fsp3) is 0.857. The van der Waals surface area contributed by atoms with Crippen molar-refractivity contribution in [1.82, 2.24) is 0 Å². The van der Waals surface area contributed by atoms with Crippen molar-refractivity contribution in [3.05, 3.63) is 0 Å². The summed E-state index contributed by atoms with van der Waals surface area (Å²) in [7, 11) is 0. The van der Waals surface area contributed by atoms with Crippen LogP contribution in [-0.2, 0) is 0 Å². The van der Waals surface area contributed by atoms with Crippen LogP contribution >= 0.6 is 0 Å². The lowest BCUT2D eigenvalue weighted by Gasteiger charge is -2.07. The lowest BCUT2D eigenvalue weighted by Crippen LogP contribution is -2.21. The fourth-order valence-electron chi connectivity index (χ4n) is 0.866. The molecule has 1 unspecified atom stereocenters. The maximum Gasteiger partial charge on any atom is 0.00906 e. The van der Waals surface area contributed by atoms with Crippen molar-refractivity contribution in [2.24, 2.45) is 5.73 Å². The van der Waals surface area contributed by atoms with Crippen molar-refractivity contribution >= 4 is 5.71 Å². The van der Waals surface area contributed by atoms with E-state index >= 15 is 0 Å². The zero-order valence-electron chi connectivity index (χ0n) is 6.28. The molecule has 54 valence electrons.